The molecule has 1 amide bonds. The fourth-order valence-corrected chi connectivity index (χ4v) is 2.40. The first-order valence-electron chi connectivity index (χ1n) is 7.48. The van der Waals surface area contributed by atoms with Crippen LogP contribution in [0.15, 0.2) is 51.9 Å². The number of hydrogen-bond donors (Lipinski definition) is 1. The minimum atomic E-state index is -0.284. The van der Waals surface area contributed by atoms with E-state index in [4.69, 9.17) is 9.15 Å². The number of carbonyl (C=O) groups excluding carboxylic acids is 1. The monoisotopic (exact) mass is 327 g/mol. The first-order chi connectivity index (χ1) is 11.7. The quantitative estimate of drug-likeness (QED) is 0.746. The molecule has 1 aromatic carbocycles. The molecular formula is C17H17N3O4. The Morgan fingerprint density at radius 1 is 1.29 bits per heavy atom. The van der Waals surface area contributed by atoms with Crippen molar-refractivity contribution in [1.29, 1.82) is 0 Å². The Morgan fingerprint density at radius 3 is 2.88 bits per heavy atom. The number of rotatable bonds is 6. The first kappa shape index (κ1) is 15.9. The predicted octanol–water partition coefficient (Wildman–Crippen LogP) is 1.80. The number of benzene rings is 1. The average Bonchev–Trinajstić information content (AvgIpc) is 3.12. The van der Waals surface area contributed by atoms with Crippen molar-refractivity contribution >= 4 is 16.8 Å². The van der Waals surface area contributed by atoms with Gasteiger partial charge in [-0.15, -0.1) is 0 Å². The number of H-pyrrole nitrogens is 1. The standard InChI is InChI=1S/C17H17N3O4/c1-23-10-8-20(17(22)14-7-4-9-24-14)11-15-18-13-6-3-2-5-12(13)16(21)19-15/h2-7,9H,8,10-11H2,1H3,(H,18,19,21). The summed E-state index contributed by atoms with van der Waals surface area (Å²) in [5, 5.41) is 0.516. The van der Waals surface area contributed by atoms with Crippen LogP contribution in [-0.2, 0) is 11.3 Å². The number of methoxy groups -OCH3 is 1. The number of amides is 1. The molecule has 1 N–H and O–H groups in total. The summed E-state index contributed by atoms with van der Waals surface area (Å²) in [6.45, 7) is 0.875. The second-order valence-electron chi connectivity index (χ2n) is 5.23. The van der Waals surface area contributed by atoms with E-state index in [-0.39, 0.29) is 23.8 Å². The Labute approximate surface area is 137 Å². The molecule has 24 heavy (non-hydrogen) atoms. The van der Waals surface area contributed by atoms with Gasteiger partial charge in [0.15, 0.2) is 5.76 Å². The predicted molar refractivity (Wildman–Crippen MR) is 87.7 cm³/mol. The molecule has 0 unspecified atom stereocenters. The van der Waals surface area contributed by atoms with Gasteiger partial charge in [-0.2, -0.15) is 0 Å². The third kappa shape index (κ3) is 3.36. The summed E-state index contributed by atoms with van der Waals surface area (Å²) in [5.74, 6) is 0.358. The number of aromatic nitrogens is 2. The molecule has 2 aromatic heterocycles. The van der Waals surface area contributed by atoms with Gasteiger partial charge in [0.2, 0.25) is 0 Å². The van der Waals surface area contributed by atoms with Crippen molar-refractivity contribution in [3.8, 4) is 0 Å². The van der Waals surface area contributed by atoms with Crippen LogP contribution in [0.3, 0.4) is 0 Å². The van der Waals surface area contributed by atoms with Crippen molar-refractivity contribution < 1.29 is 13.9 Å². The number of ether oxygens (including phenoxy) is 1. The third-order valence-electron chi connectivity index (χ3n) is 3.59. The summed E-state index contributed by atoms with van der Waals surface area (Å²) in [6.07, 6.45) is 1.44. The molecule has 0 saturated carbocycles. The average molecular weight is 327 g/mol. The van der Waals surface area contributed by atoms with E-state index in [0.717, 1.165) is 0 Å². The van der Waals surface area contributed by atoms with Gasteiger partial charge in [0.1, 0.15) is 5.82 Å². The van der Waals surface area contributed by atoms with Crippen molar-refractivity contribution in [3.63, 3.8) is 0 Å². The molecule has 0 saturated heterocycles. The van der Waals surface area contributed by atoms with Gasteiger partial charge in [0.05, 0.1) is 30.3 Å². The number of nitrogens with zero attached hydrogens (tertiary/aromatic N) is 2. The lowest BCUT2D eigenvalue weighted by atomic mass is 10.2. The molecular weight excluding hydrogens is 310 g/mol. The van der Waals surface area contributed by atoms with E-state index in [1.807, 2.05) is 6.07 Å². The van der Waals surface area contributed by atoms with E-state index in [9.17, 15) is 9.59 Å². The Kier molecular flexibility index (Phi) is 4.72. The summed E-state index contributed by atoms with van der Waals surface area (Å²) >= 11 is 0. The Hall–Kier alpha value is -2.93. The largest absolute Gasteiger partial charge is 0.459 e. The van der Waals surface area contributed by atoms with Crippen LogP contribution in [0, 0.1) is 0 Å². The lowest BCUT2D eigenvalue weighted by Crippen LogP contribution is -2.34. The molecule has 3 rings (SSSR count). The minimum absolute atomic E-state index is 0.156. The number of carbonyl (C=O) groups is 1. The second kappa shape index (κ2) is 7.10. The van der Waals surface area contributed by atoms with Crippen LogP contribution in [-0.4, -0.2) is 41.0 Å². The Morgan fingerprint density at radius 2 is 2.12 bits per heavy atom. The summed E-state index contributed by atoms with van der Waals surface area (Å²) in [5.41, 5.74) is 0.362. The summed E-state index contributed by atoms with van der Waals surface area (Å²) in [6, 6.07) is 10.3. The Bertz CT molecular complexity index is 886. The van der Waals surface area contributed by atoms with Crippen LogP contribution < -0.4 is 5.56 Å². The van der Waals surface area contributed by atoms with E-state index in [2.05, 4.69) is 9.97 Å². The zero-order chi connectivity index (χ0) is 16.9. The van der Waals surface area contributed by atoms with Gasteiger partial charge >= 0.3 is 0 Å². The molecule has 0 atom stereocenters. The molecule has 7 nitrogen and oxygen atoms in total. The van der Waals surface area contributed by atoms with E-state index >= 15 is 0 Å². The van der Waals surface area contributed by atoms with Crippen LogP contribution in [0.4, 0.5) is 0 Å². The van der Waals surface area contributed by atoms with Crippen LogP contribution in [0.2, 0.25) is 0 Å². The number of nitrogens with one attached hydrogen (secondary N) is 1. The molecule has 0 aliphatic carbocycles. The molecule has 2 heterocycles. The van der Waals surface area contributed by atoms with Gasteiger partial charge in [0.25, 0.3) is 11.5 Å². The fraction of sp³-hybridized carbons (Fsp3) is 0.235. The third-order valence-corrected chi connectivity index (χ3v) is 3.59. The Balaban J connectivity index is 1.89. The van der Waals surface area contributed by atoms with E-state index in [1.54, 1.807) is 37.4 Å². The van der Waals surface area contributed by atoms with Crippen molar-refractivity contribution in [2.45, 2.75) is 6.54 Å². The topological polar surface area (TPSA) is 88.4 Å². The molecule has 124 valence electrons. The van der Waals surface area contributed by atoms with Gasteiger partial charge in [-0.1, -0.05) is 12.1 Å². The molecule has 0 bridgehead atoms. The van der Waals surface area contributed by atoms with Crippen LogP contribution in [0.25, 0.3) is 10.9 Å². The van der Waals surface area contributed by atoms with Gasteiger partial charge in [-0.05, 0) is 24.3 Å². The van der Waals surface area contributed by atoms with Crippen molar-refractivity contribution in [2.24, 2.45) is 0 Å². The lowest BCUT2D eigenvalue weighted by Gasteiger charge is -2.20. The normalized spacial score (nSPS) is 10.9. The van der Waals surface area contributed by atoms with E-state index in [0.29, 0.717) is 29.9 Å². The van der Waals surface area contributed by atoms with Crippen LogP contribution in [0.5, 0.6) is 0 Å². The molecule has 3 aromatic rings. The smallest absolute Gasteiger partial charge is 0.290 e. The van der Waals surface area contributed by atoms with Crippen LogP contribution >= 0.6 is 0 Å². The van der Waals surface area contributed by atoms with Crippen molar-refractivity contribution in [1.82, 2.24) is 14.9 Å². The van der Waals surface area contributed by atoms with E-state index in [1.165, 1.54) is 11.2 Å². The zero-order valence-corrected chi connectivity index (χ0v) is 13.2. The summed E-state index contributed by atoms with van der Waals surface area (Å²) in [4.78, 5) is 33.3. The second-order valence-corrected chi connectivity index (χ2v) is 5.23. The molecule has 0 aliphatic heterocycles. The SMILES string of the molecule is COCCN(Cc1nc2ccccc2c(=O)[nH]1)C(=O)c1ccco1. The summed E-state index contributed by atoms with van der Waals surface area (Å²) < 4.78 is 10.2. The number of fused-ring (bicyclic) bond motifs is 1. The highest BCUT2D eigenvalue weighted by molar-refractivity contribution is 5.91. The number of hydrogen-bond acceptors (Lipinski definition) is 5. The number of para-hydroxylation sites is 1. The van der Waals surface area contributed by atoms with Gasteiger partial charge < -0.3 is 19.0 Å². The van der Waals surface area contributed by atoms with Gasteiger partial charge in [-0.25, -0.2) is 4.98 Å². The number of furan rings is 1. The first-order valence-corrected chi connectivity index (χ1v) is 7.48. The maximum atomic E-state index is 12.5. The molecule has 0 aliphatic rings. The maximum Gasteiger partial charge on any atom is 0.290 e. The minimum Gasteiger partial charge on any atom is -0.459 e. The van der Waals surface area contributed by atoms with Crippen molar-refractivity contribution in [2.75, 3.05) is 20.3 Å². The van der Waals surface area contributed by atoms with Crippen LogP contribution in [0.1, 0.15) is 16.4 Å². The summed E-state index contributed by atoms with van der Waals surface area (Å²) in [7, 11) is 1.56. The van der Waals surface area contributed by atoms with Gasteiger partial charge in [-0.3, -0.25) is 9.59 Å². The lowest BCUT2D eigenvalue weighted by molar-refractivity contribution is 0.0644. The molecule has 0 fully saturated rings. The fourth-order valence-electron chi connectivity index (χ4n) is 2.40. The molecule has 0 spiro atoms. The maximum absolute atomic E-state index is 12.5. The highest BCUT2D eigenvalue weighted by atomic mass is 16.5. The zero-order valence-electron chi connectivity index (χ0n) is 13.2. The highest BCUT2D eigenvalue weighted by Crippen LogP contribution is 2.10. The highest BCUT2D eigenvalue weighted by Gasteiger charge is 2.19. The molecule has 0 radical (unpaired) electrons. The number of aromatic amines is 1. The van der Waals surface area contributed by atoms with Crippen molar-refractivity contribution in [3.05, 3.63) is 64.6 Å². The molecule has 7 heteroatoms. The van der Waals surface area contributed by atoms with E-state index < -0.39 is 0 Å². The van der Waals surface area contributed by atoms with Gasteiger partial charge in [0, 0.05) is 13.7 Å².